The number of hydrogen-bond acceptors (Lipinski definition) is 8. The number of aromatic nitrogens is 3. The van der Waals surface area contributed by atoms with Gasteiger partial charge in [0, 0.05) is 40.9 Å². The molecule has 2 aromatic carbocycles. The van der Waals surface area contributed by atoms with Gasteiger partial charge in [0.1, 0.15) is 17.4 Å². The number of aliphatic hydroxyl groups is 1. The van der Waals surface area contributed by atoms with Crippen molar-refractivity contribution in [1.82, 2.24) is 14.8 Å². The van der Waals surface area contributed by atoms with Gasteiger partial charge >= 0.3 is 0 Å². The van der Waals surface area contributed by atoms with Crippen LogP contribution < -0.4 is 10.2 Å². The minimum absolute atomic E-state index is 0.225. The van der Waals surface area contributed by atoms with Crippen LogP contribution in [0.25, 0.3) is 21.7 Å². The molecule has 2 aliphatic rings. The number of halogens is 1. The molecule has 5 aromatic rings. The summed E-state index contributed by atoms with van der Waals surface area (Å²) in [5.74, 6) is -0.654. The molecule has 1 atom stereocenters. The summed E-state index contributed by atoms with van der Waals surface area (Å²) < 4.78 is 39.8. The number of aryl methyl sites for hydroxylation is 1. The molecule has 1 unspecified atom stereocenters. The molecule has 1 amide bonds. The number of amides is 1. The van der Waals surface area contributed by atoms with Gasteiger partial charge in [-0.2, -0.15) is 5.10 Å². The predicted molar refractivity (Wildman–Crippen MR) is 177 cm³/mol. The first-order valence-electron chi connectivity index (χ1n) is 15.0. The molecule has 7 rings (SSSR count). The van der Waals surface area contributed by atoms with E-state index in [0.29, 0.717) is 29.1 Å². The molecule has 4 heterocycles. The second-order valence-corrected chi connectivity index (χ2v) is 15.1. The van der Waals surface area contributed by atoms with Gasteiger partial charge < -0.3 is 15.3 Å². The lowest BCUT2D eigenvalue weighted by Gasteiger charge is -2.23. The maximum Gasteiger partial charge on any atom is 0.276 e. The van der Waals surface area contributed by atoms with E-state index in [4.69, 9.17) is 4.98 Å². The Morgan fingerprint density at radius 2 is 1.89 bits per heavy atom. The van der Waals surface area contributed by atoms with E-state index in [-0.39, 0.29) is 29.1 Å². The summed E-state index contributed by atoms with van der Waals surface area (Å²) in [6.45, 7) is 2.17. The smallest absolute Gasteiger partial charge is 0.276 e. The molecule has 0 radical (unpaired) electrons. The zero-order valence-electron chi connectivity index (χ0n) is 25.3. The Labute approximate surface area is 270 Å². The molecule has 46 heavy (non-hydrogen) atoms. The van der Waals surface area contributed by atoms with E-state index in [1.54, 1.807) is 42.3 Å². The molecule has 1 saturated carbocycles. The number of carbonyl (C=O) groups excluding carboxylic acids is 1. The number of sulfone groups is 1. The van der Waals surface area contributed by atoms with Gasteiger partial charge in [0.05, 0.1) is 27.6 Å². The summed E-state index contributed by atoms with van der Waals surface area (Å²) in [4.78, 5) is 22.2. The van der Waals surface area contributed by atoms with Crippen molar-refractivity contribution in [2.45, 2.75) is 44.2 Å². The fourth-order valence-corrected chi connectivity index (χ4v) is 7.72. The SMILES string of the molecule is Cc1cccc(F)c1NC(O)c1cc2c(s1)-c1ccccc1N(C(=O)c1cccc(-c3cn(CS(C)(=O)=O)nc3C3CC3)n1)CC2. The Morgan fingerprint density at radius 3 is 2.65 bits per heavy atom. The van der Waals surface area contributed by atoms with Crippen LogP contribution in [0.5, 0.6) is 0 Å². The summed E-state index contributed by atoms with van der Waals surface area (Å²) in [6.07, 6.45) is 4.28. The number of benzene rings is 2. The van der Waals surface area contributed by atoms with Gasteiger partial charge in [0.2, 0.25) is 0 Å². The molecule has 9 nitrogen and oxygen atoms in total. The lowest BCUT2D eigenvalue weighted by Crippen LogP contribution is -2.33. The highest BCUT2D eigenvalue weighted by Crippen LogP contribution is 2.45. The monoisotopic (exact) mass is 657 g/mol. The van der Waals surface area contributed by atoms with Crippen molar-refractivity contribution < 1.29 is 22.7 Å². The Balaban J connectivity index is 1.19. The van der Waals surface area contributed by atoms with Crippen LogP contribution in [0, 0.1) is 12.7 Å². The number of hydrogen-bond donors (Lipinski definition) is 2. The fraction of sp³-hybridized carbons (Fsp3) is 0.265. The van der Waals surface area contributed by atoms with Crippen molar-refractivity contribution >= 4 is 38.5 Å². The topological polar surface area (TPSA) is 117 Å². The third-order valence-corrected chi connectivity index (χ3v) is 10.3. The van der Waals surface area contributed by atoms with Crippen LogP contribution in [0.4, 0.5) is 15.8 Å². The average molecular weight is 658 g/mol. The normalized spacial score (nSPS) is 15.2. The molecular weight excluding hydrogens is 626 g/mol. The van der Waals surface area contributed by atoms with Crippen molar-refractivity contribution in [2.24, 2.45) is 0 Å². The number of pyridine rings is 1. The van der Waals surface area contributed by atoms with Crippen LogP contribution in [-0.2, 0) is 22.1 Å². The second kappa shape index (κ2) is 11.8. The number of thiophene rings is 1. The summed E-state index contributed by atoms with van der Waals surface area (Å²) in [7, 11) is -3.29. The number of carbonyl (C=O) groups is 1. The van der Waals surface area contributed by atoms with E-state index < -0.39 is 21.9 Å². The quantitative estimate of drug-likeness (QED) is 0.188. The van der Waals surface area contributed by atoms with Crippen LogP contribution in [0.3, 0.4) is 0 Å². The Bertz CT molecular complexity index is 2070. The molecule has 0 spiro atoms. The molecule has 2 N–H and O–H groups in total. The minimum atomic E-state index is -3.29. The fourth-order valence-electron chi connectivity index (χ4n) is 5.93. The van der Waals surface area contributed by atoms with E-state index in [1.807, 2.05) is 36.4 Å². The number of rotatable bonds is 8. The van der Waals surface area contributed by atoms with E-state index in [2.05, 4.69) is 10.4 Å². The van der Waals surface area contributed by atoms with E-state index in [9.17, 15) is 22.7 Å². The van der Waals surface area contributed by atoms with E-state index >= 15 is 0 Å². The third kappa shape index (κ3) is 5.95. The molecule has 12 heteroatoms. The van der Waals surface area contributed by atoms with Gasteiger partial charge in [-0.25, -0.2) is 17.8 Å². The summed E-state index contributed by atoms with van der Waals surface area (Å²) in [5, 5.41) is 18.5. The highest BCUT2D eigenvalue weighted by molar-refractivity contribution is 7.89. The van der Waals surface area contributed by atoms with Crippen LogP contribution in [0.2, 0.25) is 0 Å². The molecule has 0 saturated heterocycles. The van der Waals surface area contributed by atoms with Gasteiger partial charge in [0.25, 0.3) is 5.91 Å². The number of fused-ring (bicyclic) bond motifs is 3. The maximum absolute atomic E-state index is 14.5. The van der Waals surface area contributed by atoms with E-state index in [1.165, 1.54) is 28.3 Å². The van der Waals surface area contributed by atoms with Crippen molar-refractivity contribution in [3.63, 3.8) is 0 Å². The molecular formula is C34H32FN5O4S2. The lowest BCUT2D eigenvalue weighted by molar-refractivity contribution is 0.0982. The highest BCUT2D eigenvalue weighted by atomic mass is 32.2. The van der Waals surface area contributed by atoms with Gasteiger partial charge in [-0.15, -0.1) is 11.3 Å². The zero-order chi connectivity index (χ0) is 32.2. The number of anilines is 2. The maximum atomic E-state index is 14.5. The zero-order valence-corrected chi connectivity index (χ0v) is 26.9. The first-order chi connectivity index (χ1) is 22.1. The van der Waals surface area contributed by atoms with Gasteiger partial charge in [-0.3, -0.25) is 9.48 Å². The Kier molecular flexibility index (Phi) is 7.74. The van der Waals surface area contributed by atoms with Gasteiger partial charge in [-0.05, 0) is 67.6 Å². The third-order valence-electron chi connectivity index (χ3n) is 8.26. The van der Waals surface area contributed by atoms with Crippen molar-refractivity contribution in [3.8, 4) is 21.7 Å². The largest absolute Gasteiger partial charge is 0.369 e. The molecule has 1 fully saturated rings. The Hall–Kier alpha value is -4.39. The number of nitrogens with zero attached hydrogens (tertiary/aromatic N) is 4. The number of para-hydroxylation sites is 2. The molecule has 0 bridgehead atoms. The van der Waals surface area contributed by atoms with Gasteiger partial charge in [-0.1, -0.05) is 36.4 Å². The van der Waals surface area contributed by atoms with Crippen LogP contribution in [-0.4, -0.2) is 47.0 Å². The summed E-state index contributed by atoms with van der Waals surface area (Å²) in [6, 6.07) is 19.7. The molecule has 3 aromatic heterocycles. The number of aliphatic hydroxyl groups excluding tert-OH is 1. The van der Waals surface area contributed by atoms with Crippen LogP contribution >= 0.6 is 11.3 Å². The van der Waals surface area contributed by atoms with Crippen LogP contribution in [0.15, 0.2) is 72.9 Å². The van der Waals surface area contributed by atoms with Gasteiger partial charge in [0.15, 0.2) is 16.1 Å². The van der Waals surface area contributed by atoms with Crippen LogP contribution in [0.1, 0.15) is 57.2 Å². The first kappa shape index (κ1) is 30.3. The Morgan fingerprint density at radius 1 is 1.11 bits per heavy atom. The highest BCUT2D eigenvalue weighted by Gasteiger charge is 2.32. The van der Waals surface area contributed by atoms with Crippen molar-refractivity contribution in [2.75, 3.05) is 23.0 Å². The first-order valence-corrected chi connectivity index (χ1v) is 17.9. The van der Waals surface area contributed by atoms with Crippen molar-refractivity contribution in [3.05, 3.63) is 106 Å². The minimum Gasteiger partial charge on any atom is -0.369 e. The molecule has 1 aliphatic carbocycles. The predicted octanol–water partition coefficient (Wildman–Crippen LogP) is 6.31. The summed E-state index contributed by atoms with van der Waals surface area (Å²) in [5.41, 5.74) is 5.94. The number of nitrogens with one attached hydrogen (secondary N) is 1. The molecule has 1 aliphatic heterocycles. The lowest BCUT2D eigenvalue weighted by atomic mass is 10.1. The molecule has 236 valence electrons. The second-order valence-electron chi connectivity index (χ2n) is 11.9. The van der Waals surface area contributed by atoms with Crippen molar-refractivity contribution in [1.29, 1.82) is 0 Å². The summed E-state index contributed by atoms with van der Waals surface area (Å²) >= 11 is 1.42. The van der Waals surface area contributed by atoms with E-state index in [0.717, 1.165) is 45.8 Å². The average Bonchev–Trinajstić information content (AvgIpc) is 3.69. The standard InChI is InChI=1S/C34H32FN5O4S2/c1-20-7-5-9-25(35)30(20)37-33(41)29-17-22-15-16-40(28-12-4-3-8-23(28)32(22)45-29)34(42)27-11-6-10-26(36-27)24-18-39(19-46(2,43)44)38-31(24)21-13-14-21/h3-12,17-18,21,33,37,41H,13-16,19H2,1-2H3.